The molecule has 1 aromatic heterocycles. The summed E-state index contributed by atoms with van der Waals surface area (Å²) >= 11 is 1.22. The summed E-state index contributed by atoms with van der Waals surface area (Å²) in [6.07, 6.45) is -5.34. The minimum atomic E-state index is -4.39. The molecule has 5 rings (SSSR count). The van der Waals surface area contributed by atoms with Gasteiger partial charge in [-0.2, -0.15) is 13.2 Å². The average molecular weight is 564 g/mol. The highest BCUT2D eigenvalue weighted by atomic mass is 32.1. The van der Waals surface area contributed by atoms with Crippen LogP contribution in [0.5, 0.6) is 0 Å². The van der Waals surface area contributed by atoms with Crippen molar-refractivity contribution in [3.05, 3.63) is 52.4 Å². The predicted molar refractivity (Wildman–Crippen MR) is 150 cm³/mol. The molecule has 3 aromatic rings. The normalized spacial score (nSPS) is 22.0. The predicted octanol–water partition coefficient (Wildman–Crippen LogP) is 6.10. The summed E-state index contributed by atoms with van der Waals surface area (Å²) in [6, 6.07) is 10.2. The smallest absolute Gasteiger partial charge is 0.378 e. The molecule has 202 valence electrons. The second-order valence-corrected chi connectivity index (χ2v) is 14.8. The lowest BCUT2D eigenvalue weighted by molar-refractivity contribution is -0.126. The third-order valence-electron chi connectivity index (χ3n) is 7.11. The molecule has 2 N–H and O–H groups in total. The molecule has 4 nitrogen and oxygen atoms in total. The van der Waals surface area contributed by atoms with Crippen LogP contribution >= 0.6 is 18.5 Å². The van der Waals surface area contributed by atoms with Crippen LogP contribution in [0.25, 0.3) is 10.1 Å². The van der Waals surface area contributed by atoms with E-state index in [4.69, 9.17) is 0 Å². The lowest BCUT2D eigenvalue weighted by atomic mass is 10.0. The van der Waals surface area contributed by atoms with Gasteiger partial charge in [-0.15, -0.1) is 11.3 Å². The van der Waals surface area contributed by atoms with Crippen LogP contribution in [-0.4, -0.2) is 62.8 Å². The molecule has 0 unspecified atom stereocenters. The number of hydrogen-bond donors (Lipinski definition) is 2. The molecule has 10 heteroatoms. The highest BCUT2D eigenvalue weighted by Crippen LogP contribution is 2.40. The minimum Gasteiger partial charge on any atom is -0.378 e. The SMILES string of the molecule is CN1CC[C@@H](Nc2cccc3c(CC(F)(F)F)c(C#C[C@H]4Cc5cc(P(C)(C)=O)ccc5N4)sc23)[C@@H](F)C1. The Morgan fingerprint density at radius 1 is 1.24 bits per heavy atom. The van der Waals surface area contributed by atoms with Crippen molar-refractivity contribution in [1.29, 1.82) is 0 Å². The fourth-order valence-corrected chi connectivity index (χ4v) is 7.16. The zero-order chi connectivity index (χ0) is 27.2. The summed E-state index contributed by atoms with van der Waals surface area (Å²) in [5.41, 5.74) is 2.70. The van der Waals surface area contributed by atoms with Gasteiger partial charge >= 0.3 is 6.18 Å². The van der Waals surface area contributed by atoms with Crippen molar-refractivity contribution in [3.63, 3.8) is 0 Å². The molecule has 2 aliphatic heterocycles. The largest absolute Gasteiger partial charge is 0.393 e. The number of fused-ring (bicyclic) bond motifs is 2. The Labute approximate surface area is 224 Å². The number of thiophene rings is 1. The number of halogens is 4. The van der Waals surface area contributed by atoms with E-state index in [1.54, 1.807) is 31.5 Å². The Morgan fingerprint density at radius 3 is 2.74 bits per heavy atom. The average Bonchev–Trinajstić information content (AvgIpc) is 3.39. The zero-order valence-electron chi connectivity index (χ0n) is 21.5. The fourth-order valence-electron chi connectivity index (χ4n) is 5.10. The molecule has 2 aliphatic rings. The highest BCUT2D eigenvalue weighted by Gasteiger charge is 2.32. The monoisotopic (exact) mass is 563 g/mol. The van der Waals surface area contributed by atoms with Crippen LogP contribution in [-0.2, 0) is 17.4 Å². The molecule has 1 fully saturated rings. The zero-order valence-corrected chi connectivity index (χ0v) is 23.2. The minimum absolute atomic E-state index is 0.157. The van der Waals surface area contributed by atoms with Crippen LogP contribution in [0.15, 0.2) is 36.4 Å². The summed E-state index contributed by atoms with van der Waals surface area (Å²) in [5.74, 6) is 6.16. The first-order chi connectivity index (χ1) is 17.9. The molecule has 2 aromatic carbocycles. The Kier molecular flexibility index (Phi) is 7.28. The molecule has 0 amide bonds. The molecule has 0 bridgehead atoms. The van der Waals surface area contributed by atoms with Crippen LogP contribution < -0.4 is 15.9 Å². The number of benzene rings is 2. The maximum absolute atomic E-state index is 14.7. The van der Waals surface area contributed by atoms with Crippen molar-refractivity contribution in [3.8, 4) is 11.8 Å². The third kappa shape index (κ3) is 5.88. The summed E-state index contributed by atoms with van der Waals surface area (Å²) in [5, 5.41) is 7.88. The molecule has 0 aliphatic carbocycles. The van der Waals surface area contributed by atoms with Gasteiger partial charge in [0.25, 0.3) is 0 Å². The lowest BCUT2D eigenvalue weighted by Crippen LogP contribution is -2.46. The number of nitrogens with one attached hydrogen (secondary N) is 2. The van der Waals surface area contributed by atoms with Gasteiger partial charge in [-0.1, -0.05) is 24.0 Å². The topological polar surface area (TPSA) is 44.4 Å². The van der Waals surface area contributed by atoms with Gasteiger partial charge in [-0.25, -0.2) is 4.39 Å². The first-order valence-electron chi connectivity index (χ1n) is 12.5. The summed E-state index contributed by atoms with van der Waals surface area (Å²) in [4.78, 5) is 2.31. The van der Waals surface area contributed by atoms with E-state index in [0.717, 1.165) is 23.1 Å². The van der Waals surface area contributed by atoms with E-state index >= 15 is 0 Å². The number of nitrogens with zero attached hydrogens (tertiary/aromatic N) is 1. The standard InChI is InChI=1S/C28H30F4N3OPS/c1-35-12-11-24(22(29)16-35)34-25-6-4-5-20-21(15-28(30,31)32)26(38-27(20)25)10-7-18-13-17-14-19(37(2,3)36)8-9-23(17)33-18/h4-6,8-9,14,18,22,24,33-34H,11-13,15-16H2,1-3H3/t18-,22-,24+/m0/s1. The number of likely N-dealkylation sites (tertiary alicyclic amines) is 1. The van der Waals surface area contributed by atoms with Gasteiger partial charge in [0.1, 0.15) is 13.3 Å². The number of anilines is 2. The molecule has 38 heavy (non-hydrogen) atoms. The van der Waals surface area contributed by atoms with E-state index in [0.29, 0.717) is 40.0 Å². The molecule has 3 atom stereocenters. The number of piperidine rings is 1. The number of rotatable bonds is 4. The molecule has 3 heterocycles. The van der Waals surface area contributed by atoms with Gasteiger partial charge in [0, 0.05) is 30.5 Å². The van der Waals surface area contributed by atoms with Gasteiger partial charge in [0.15, 0.2) is 0 Å². The first-order valence-corrected chi connectivity index (χ1v) is 16.0. The Bertz CT molecular complexity index is 1470. The quantitative estimate of drug-likeness (QED) is 0.229. The van der Waals surface area contributed by atoms with Gasteiger partial charge in [-0.05, 0) is 67.6 Å². The van der Waals surface area contributed by atoms with Crippen LogP contribution in [0.1, 0.15) is 22.4 Å². The molecule has 0 spiro atoms. The highest BCUT2D eigenvalue weighted by molar-refractivity contribution is 7.70. The Hall–Kier alpha value is -2.53. The van der Waals surface area contributed by atoms with E-state index < -0.39 is 32.0 Å². The fraction of sp³-hybridized carbons (Fsp3) is 0.429. The van der Waals surface area contributed by atoms with Crippen LogP contribution in [0, 0.1) is 11.8 Å². The first kappa shape index (κ1) is 27.1. The molecule has 1 saturated heterocycles. The van der Waals surface area contributed by atoms with Crippen LogP contribution in [0.2, 0.25) is 0 Å². The second-order valence-electron chi connectivity index (χ2n) is 10.6. The number of hydrogen-bond acceptors (Lipinski definition) is 5. The Balaban J connectivity index is 1.46. The van der Waals surface area contributed by atoms with Crippen molar-refractivity contribution in [2.75, 3.05) is 44.1 Å². The summed E-state index contributed by atoms with van der Waals surface area (Å²) in [6.45, 7) is 4.52. The molecular weight excluding hydrogens is 533 g/mol. The lowest BCUT2D eigenvalue weighted by Gasteiger charge is -2.33. The van der Waals surface area contributed by atoms with Crippen molar-refractivity contribution in [2.24, 2.45) is 0 Å². The number of alkyl halides is 4. The maximum atomic E-state index is 14.7. The van der Waals surface area contributed by atoms with Crippen LogP contribution in [0.3, 0.4) is 0 Å². The van der Waals surface area contributed by atoms with Gasteiger partial charge in [-0.3, -0.25) is 0 Å². The van der Waals surface area contributed by atoms with Gasteiger partial charge < -0.3 is 20.1 Å². The van der Waals surface area contributed by atoms with Gasteiger partial charge in [0.05, 0.1) is 33.8 Å². The molecule has 0 saturated carbocycles. The molecular formula is C28H30F4N3OPS. The van der Waals surface area contributed by atoms with Crippen molar-refractivity contribution < 1.29 is 22.1 Å². The van der Waals surface area contributed by atoms with Crippen molar-refractivity contribution in [2.45, 2.75) is 43.7 Å². The van der Waals surface area contributed by atoms with E-state index in [1.165, 1.54) is 11.3 Å². The molecule has 0 radical (unpaired) electrons. The maximum Gasteiger partial charge on any atom is 0.393 e. The van der Waals surface area contributed by atoms with Crippen LogP contribution in [0.4, 0.5) is 28.9 Å². The second kappa shape index (κ2) is 10.2. The third-order valence-corrected chi connectivity index (χ3v) is 9.82. The summed E-state index contributed by atoms with van der Waals surface area (Å²) in [7, 11) is -0.528. The summed E-state index contributed by atoms with van der Waals surface area (Å²) < 4.78 is 68.6. The van der Waals surface area contributed by atoms with Gasteiger partial charge in [0.2, 0.25) is 0 Å². The van der Waals surface area contributed by atoms with E-state index in [1.807, 2.05) is 30.1 Å². The Morgan fingerprint density at radius 2 is 2.03 bits per heavy atom. The van der Waals surface area contributed by atoms with E-state index in [9.17, 15) is 22.1 Å². The van der Waals surface area contributed by atoms with Crippen molar-refractivity contribution >= 4 is 45.2 Å². The van der Waals surface area contributed by atoms with E-state index in [2.05, 4.69) is 22.5 Å². The van der Waals surface area contributed by atoms with Crippen molar-refractivity contribution in [1.82, 2.24) is 4.90 Å². The van der Waals surface area contributed by atoms with E-state index in [-0.39, 0.29) is 11.6 Å².